The summed E-state index contributed by atoms with van der Waals surface area (Å²) >= 11 is 15.3. The van der Waals surface area contributed by atoms with Gasteiger partial charge in [0.15, 0.2) is 5.16 Å². The number of aromatic nitrogens is 5. The van der Waals surface area contributed by atoms with Crippen molar-refractivity contribution in [2.75, 3.05) is 0 Å². The van der Waals surface area contributed by atoms with Crippen molar-refractivity contribution in [2.24, 2.45) is 0 Å². The molecule has 0 saturated heterocycles. The molecule has 0 fully saturated rings. The molecular formula is C21H13Cl2N5OS2. The van der Waals surface area contributed by atoms with E-state index >= 15 is 0 Å². The molecule has 0 saturated carbocycles. The molecule has 6 nitrogen and oxygen atoms in total. The molecule has 0 spiro atoms. The number of H-pyrrole nitrogens is 1. The van der Waals surface area contributed by atoms with Crippen molar-refractivity contribution in [1.29, 1.82) is 0 Å². The van der Waals surface area contributed by atoms with Crippen LogP contribution in [0.2, 0.25) is 10.0 Å². The van der Waals surface area contributed by atoms with Crippen LogP contribution in [0.3, 0.4) is 0 Å². The van der Waals surface area contributed by atoms with E-state index < -0.39 is 0 Å². The van der Waals surface area contributed by atoms with E-state index in [0.717, 1.165) is 16.8 Å². The molecule has 31 heavy (non-hydrogen) atoms. The molecule has 2 aromatic carbocycles. The van der Waals surface area contributed by atoms with E-state index in [2.05, 4.69) is 20.2 Å². The molecule has 5 rings (SSSR count). The molecule has 154 valence electrons. The Morgan fingerprint density at radius 3 is 2.81 bits per heavy atom. The number of aromatic amines is 1. The predicted octanol–water partition coefficient (Wildman–Crippen LogP) is 5.83. The van der Waals surface area contributed by atoms with Crippen molar-refractivity contribution in [1.82, 2.24) is 24.7 Å². The lowest BCUT2D eigenvalue weighted by Crippen LogP contribution is -2.11. The fourth-order valence-corrected chi connectivity index (χ4v) is 5.38. The normalized spacial score (nSPS) is 11.3. The predicted molar refractivity (Wildman–Crippen MR) is 127 cm³/mol. The highest BCUT2D eigenvalue weighted by molar-refractivity contribution is 7.98. The summed E-state index contributed by atoms with van der Waals surface area (Å²) in [6.07, 6.45) is 1.63. The van der Waals surface area contributed by atoms with E-state index in [1.54, 1.807) is 6.33 Å². The maximum absolute atomic E-state index is 12.9. The van der Waals surface area contributed by atoms with Gasteiger partial charge in [-0.2, -0.15) is 0 Å². The van der Waals surface area contributed by atoms with Gasteiger partial charge >= 0.3 is 0 Å². The Kier molecular flexibility index (Phi) is 5.54. The molecule has 0 aliphatic carbocycles. The van der Waals surface area contributed by atoms with Gasteiger partial charge in [0.25, 0.3) is 5.56 Å². The number of halogens is 2. The smallest absolute Gasteiger partial charge is 0.260 e. The standard InChI is InChI=1S/C21H13Cl2N5OS2/c22-12-4-3-5-13(8-12)28-11-24-27-21(28)31-10-17-25-19(29)18-15(9-30-20(18)26-17)14-6-1-2-7-16(14)23/h1-9,11H,10H2,(H,25,26,29). The van der Waals surface area contributed by atoms with Crippen LogP contribution in [-0.2, 0) is 5.75 Å². The Balaban J connectivity index is 1.44. The lowest BCUT2D eigenvalue weighted by Gasteiger charge is -2.06. The molecule has 0 radical (unpaired) electrons. The molecule has 0 atom stereocenters. The van der Waals surface area contributed by atoms with Gasteiger partial charge in [-0.15, -0.1) is 21.5 Å². The van der Waals surface area contributed by atoms with Gasteiger partial charge in [0.05, 0.1) is 16.8 Å². The molecule has 0 unspecified atom stereocenters. The first kappa shape index (κ1) is 20.3. The minimum Gasteiger partial charge on any atom is -0.309 e. The van der Waals surface area contributed by atoms with Gasteiger partial charge < -0.3 is 4.98 Å². The van der Waals surface area contributed by atoms with E-state index in [4.69, 9.17) is 23.2 Å². The summed E-state index contributed by atoms with van der Waals surface area (Å²) < 4.78 is 1.84. The van der Waals surface area contributed by atoms with Crippen molar-refractivity contribution in [3.05, 3.63) is 86.5 Å². The van der Waals surface area contributed by atoms with Crippen LogP contribution in [0, 0.1) is 0 Å². The molecule has 3 heterocycles. The topological polar surface area (TPSA) is 76.5 Å². The molecule has 3 aromatic heterocycles. The first-order valence-corrected chi connectivity index (χ1v) is 11.8. The molecule has 0 aliphatic heterocycles. The number of hydrogen-bond donors (Lipinski definition) is 1. The molecule has 0 aliphatic rings. The van der Waals surface area contributed by atoms with Gasteiger partial charge in [0.1, 0.15) is 17.0 Å². The van der Waals surface area contributed by atoms with E-state index in [0.29, 0.717) is 37.0 Å². The van der Waals surface area contributed by atoms with Crippen LogP contribution in [0.4, 0.5) is 0 Å². The lowest BCUT2D eigenvalue weighted by molar-refractivity contribution is 0.881. The zero-order valence-electron chi connectivity index (χ0n) is 15.8. The van der Waals surface area contributed by atoms with E-state index in [-0.39, 0.29) is 5.56 Å². The third-order valence-electron chi connectivity index (χ3n) is 4.60. The summed E-state index contributed by atoms with van der Waals surface area (Å²) in [6.45, 7) is 0. The number of thioether (sulfide) groups is 1. The van der Waals surface area contributed by atoms with Crippen molar-refractivity contribution in [3.8, 4) is 16.8 Å². The summed E-state index contributed by atoms with van der Waals surface area (Å²) in [5, 5.41) is 12.5. The molecule has 0 bridgehead atoms. The molecule has 1 N–H and O–H groups in total. The highest BCUT2D eigenvalue weighted by atomic mass is 35.5. The quantitative estimate of drug-likeness (QED) is 0.316. The van der Waals surface area contributed by atoms with E-state index in [1.807, 2.05) is 58.5 Å². The number of hydrogen-bond acceptors (Lipinski definition) is 6. The van der Waals surface area contributed by atoms with Crippen molar-refractivity contribution < 1.29 is 0 Å². The first-order valence-electron chi connectivity index (χ1n) is 9.14. The number of thiophene rings is 1. The van der Waals surface area contributed by atoms with Crippen LogP contribution in [-0.4, -0.2) is 24.7 Å². The van der Waals surface area contributed by atoms with E-state index in [9.17, 15) is 4.79 Å². The highest BCUT2D eigenvalue weighted by Gasteiger charge is 2.16. The first-order chi connectivity index (χ1) is 15.1. The van der Waals surface area contributed by atoms with Crippen molar-refractivity contribution in [2.45, 2.75) is 10.9 Å². The average molecular weight is 486 g/mol. The third-order valence-corrected chi connectivity index (χ3v) is 6.99. The summed E-state index contributed by atoms with van der Waals surface area (Å²) in [5.74, 6) is 1.000. The lowest BCUT2D eigenvalue weighted by atomic mass is 10.1. The number of nitrogens with zero attached hydrogens (tertiary/aromatic N) is 4. The van der Waals surface area contributed by atoms with Crippen molar-refractivity contribution in [3.63, 3.8) is 0 Å². The fourth-order valence-electron chi connectivity index (χ4n) is 3.20. The summed E-state index contributed by atoms with van der Waals surface area (Å²) in [7, 11) is 0. The average Bonchev–Trinajstić information content (AvgIpc) is 3.40. The third kappa shape index (κ3) is 3.99. The maximum Gasteiger partial charge on any atom is 0.260 e. The summed E-state index contributed by atoms with van der Waals surface area (Å²) in [5.41, 5.74) is 2.28. The Morgan fingerprint density at radius 1 is 1.10 bits per heavy atom. The van der Waals surface area contributed by atoms with Crippen LogP contribution < -0.4 is 5.56 Å². The van der Waals surface area contributed by atoms with Crippen LogP contribution in [0.25, 0.3) is 27.0 Å². The Morgan fingerprint density at radius 2 is 1.97 bits per heavy atom. The molecule has 5 aromatic rings. The maximum atomic E-state index is 12.9. The number of rotatable bonds is 5. The second-order valence-electron chi connectivity index (χ2n) is 6.57. The van der Waals surface area contributed by atoms with E-state index in [1.165, 1.54) is 23.1 Å². The molecule has 0 amide bonds. The van der Waals surface area contributed by atoms with Gasteiger partial charge in [-0.05, 0) is 24.3 Å². The number of benzene rings is 2. The monoisotopic (exact) mass is 485 g/mol. The minimum atomic E-state index is -0.187. The Labute approximate surface area is 194 Å². The van der Waals surface area contributed by atoms with Crippen LogP contribution in [0.5, 0.6) is 0 Å². The van der Waals surface area contributed by atoms with Gasteiger partial charge in [-0.3, -0.25) is 9.36 Å². The highest BCUT2D eigenvalue weighted by Crippen LogP contribution is 2.35. The second-order valence-corrected chi connectivity index (χ2v) is 9.22. The number of nitrogens with one attached hydrogen (secondary N) is 1. The van der Waals surface area contributed by atoms with Crippen LogP contribution in [0.1, 0.15) is 5.82 Å². The van der Waals surface area contributed by atoms with Gasteiger partial charge in [0, 0.05) is 26.6 Å². The van der Waals surface area contributed by atoms with Gasteiger partial charge in [-0.25, -0.2) is 4.98 Å². The largest absolute Gasteiger partial charge is 0.309 e. The zero-order valence-corrected chi connectivity index (χ0v) is 18.9. The summed E-state index contributed by atoms with van der Waals surface area (Å²) in [4.78, 5) is 21.1. The fraction of sp³-hybridized carbons (Fsp3) is 0.0476. The van der Waals surface area contributed by atoms with Crippen LogP contribution >= 0.6 is 46.3 Å². The minimum absolute atomic E-state index is 0.187. The second kappa shape index (κ2) is 8.47. The number of fused-ring (bicyclic) bond motifs is 1. The summed E-state index contributed by atoms with van der Waals surface area (Å²) in [6, 6.07) is 14.9. The Bertz CT molecular complexity index is 1460. The van der Waals surface area contributed by atoms with Gasteiger partial charge in [-0.1, -0.05) is 59.2 Å². The Hall–Kier alpha value is -2.65. The molecule has 10 heteroatoms. The van der Waals surface area contributed by atoms with Gasteiger partial charge in [0.2, 0.25) is 0 Å². The SMILES string of the molecule is O=c1[nH]c(CSc2nncn2-c2cccc(Cl)c2)nc2scc(-c3ccccc3Cl)c12. The van der Waals surface area contributed by atoms with Crippen molar-refractivity contribution >= 4 is 56.5 Å². The van der Waals surface area contributed by atoms with Crippen LogP contribution in [0.15, 0.2) is 70.2 Å². The zero-order chi connectivity index (χ0) is 21.4. The molecular weight excluding hydrogens is 473 g/mol.